The number of anilines is 1. The van der Waals surface area contributed by atoms with Crippen LogP contribution in [0.3, 0.4) is 0 Å². The van der Waals surface area contributed by atoms with Crippen LogP contribution < -0.4 is 5.32 Å². The first-order chi connectivity index (χ1) is 14.2. The lowest BCUT2D eigenvalue weighted by Gasteiger charge is -2.06. The lowest BCUT2D eigenvalue weighted by atomic mass is 10.2. The van der Waals surface area contributed by atoms with Crippen molar-refractivity contribution in [1.29, 1.82) is 0 Å². The van der Waals surface area contributed by atoms with Gasteiger partial charge < -0.3 is 4.57 Å². The number of nitrogens with zero attached hydrogens (tertiary/aromatic N) is 5. The standard InChI is InChI=1S/C21H20N6OS/c1-13-10-15(18-19(23-13)27-9-4-2-3-7-17(27)25-18)20(28)26-21-24-16(12-29-21)14-6-5-8-22-11-14/h5-6,8,10-12H,2-4,7,9H2,1H3,(H,24,26,28). The normalized spacial score (nSPS) is 13.8. The van der Waals surface area contributed by atoms with Gasteiger partial charge in [0.05, 0.1) is 11.3 Å². The van der Waals surface area contributed by atoms with E-state index in [0.717, 1.165) is 54.2 Å². The highest BCUT2D eigenvalue weighted by molar-refractivity contribution is 7.14. The van der Waals surface area contributed by atoms with Gasteiger partial charge in [0, 0.05) is 42.0 Å². The zero-order chi connectivity index (χ0) is 19.8. The van der Waals surface area contributed by atoms with Gasteiger partial charge in [-0.3, -0.25) is 15.1 Å². The predicted molar refractivity (Wildman–Crippen MR) is 113 cm³/mol. The van der Waals surface area contributed by atoms with Crippen molar-refractivity contribution in [3.63, 3.8) is 0 Å². The van der Waals surface area contributed by atoms with E-state index in [0.29, 0.717) is 16.2 Å². The number of nitrogens with one attached hydrogen (secondary N) is 1. The molecule has 0 fully saturated rings. The smallest absolute Gasteiger partial charge is 0.259 e. The molecule has 0 aromatic carbocycles. The van der Waals surface area contributed by atoms with Crippen molar-refractivity contribution in [3.05, 3.63) is 53.1 Å². The number of fused-ring (bicyclic) bond motifs is 3. The summed E-state index contributed by atoms with van der Waals surface area (Å²) in [5.74, 6) is 0.818. The summed E-state index contributed by atoms with van der Waals surface area (Å²) < 4.78 is 2.18. The number of aryl methyl sites for hydroxylation is 3. The second-order valence-electron chi connectivity index (χ2n) is 7.21. The molecular weight excluding hydrogens is 384 g/mol. The number of aromatic nitrogens is 5. The van der Waals surface area contributed by atoms with E-state index in [1.165, 1.54) is 17.8 Å². The first-order valence-corrected chi connectivity index (χ1v) is 10.6. The Bertz CT molecular complexity index is 1200. The Labute approximate surface area is 171 Å². The summed E-state index contributed by atoms with van der Waals surface area (Å²) in [5.41, 5.74) is 4.56. The predicted octanol–water partition coefficient (Wildman–Crippen LogP) is 4.24. The molecule has 5 rings (SSSR count). The average Bonchev–Trinajstić information content (AvgIpc) is 3.25. The van der Waals surface area contributed by atoms with Crippen molar-refractivity contribution in [3.8, 4) is 11.3 Å². The lowest BCUT2D eigenvalue weighted by Crippen LogP contribution is -2.13. The minimum absolute atomic E-state index is 0.208. The quantitative estimate of drug-likeness (QED) is 0.552. The van der Waals surface area contributed by atoms with E-state index < -0.39 is 0 Å². The Hall–Kier alpha value is -3.13. The highest BCUT2D eigenvalue weighted by Crippen LogP contribution is 2.27. The topological polar surface area (TPSA) is 85.6 Å². The second-order valence-corrected chi connectivity index (χ2v) is 8.07. The summed E-state index contributed by atoms with van der Waals surface area (Å²) in [5, 5.41) is 5.40. The summed E-state index contributed by atoms with van der Waals surface area (Å²) in [4.78, 5) is 31.2. The molecule has 1 aliphatic rings. The van der Waals surface area contributed by atoms with Crippen LogP contribution in [0.1, 0.15) is 41.1 Å². The summed E-state index contributed by atoms with van der Waals surface area (Å²) in [6.07, 6.45) is 7.85. The zero-order valence-electron chi connectivity index (χ0n) is 16.1. The molecule has 0 unspecified atom stereocenters. The molecule has 146 valence electrons. The largest absolute Gasteiger partial charge is 0.313 e. The fraction of sp³-hybridized carbons (Fsp3) is 0.286. The molecule has 0 aliphatic carbocycles. The number of rotatable bonds is 3. The number of carbonyl (C=O) groups excluding carboxylic acids is 1. The van der Waals surface area contributed by atoms with Gasteiger partial charge in [0.1, 0.15) is 11.3 Å². The van der Waals surface area contributed by atoms with Crippen LogP contribution in [0.2, 0.25) is 0 Å². The molecule has 29 heavy (non-hydrogen) atoms. The van der Waals surface area contributed by atoms with Gasteiger partial charge in [-0.2, -0.15) is 0 Å². The number of pyridine rings is 2. The van der Waals surface area contributed by atoms with Crippen LogP contribution in [0.25, 0.3) is 22.4 Å². The van der Waals surface area contributed by atoms with Crippen molar-refractivity contribution < 1.29 is 4.79 Å². The van der Waals surface area contributed by atoms with Gasteiger partial charge in [-0.15, -0.1) is 11.3 Å². The molecule has 0 saturated carbocycles. The third-order valence-electron chi connectivity index (χ3n) is 5.12. The highest BCUT2D eigenvalue weighted by atomic mass is 32.1. The molecule has 0 atom stereocenters. The fourth-order valence-corrected chi connectivity index (χ4v) is 4.45. The van der Waals surface area contributed by atoms with Crippen LogP contribution in [0.4, 0.5) is 5.13 Å². The summed E-state index contributed by atoms with van der Waals surface area (Å²) in [7, 11) is 0. The maximum absolute atomic E-state index is 13.1. The minimum atomic E-state index is -0.208. The van der Waals surface area contributed by atoms with E-state index in [2.05, 4.69) is 24.8 Å². The highest BCUT2D eigenvalue weighted by Gasteiger charge is 2.21. The van der Waals surface area contributed by atoms with Crippen molar-refractivity contribution in [2.45, 2.75) is 39.2 Å². The molecule has 0 bridgehead atoms. The Kier molecular flexibility index (Phi) is 4.55. The SMILES string of the molecule is Cc1cc(C(=O)Nc2nc(-c3cccnc3)cs2)c2nc3n(c2n1)CCCCC3. The van der Waals surface area contributed by atoms with Gasteiger partial charge in [0.25, 0.3) is 5.91 Å². The van der Waals surface area contributed by atoms with Crippen molar-refractivity contribution in [2.24, 2.45) is 0 Å². The summed E-state index contributed by atoms with van der Waals surface area (Å²) >= 11 is 1.40. The first-order valence-electron chi connectivity index (χ1n) is 9.73. The molecule has 0 spiro atoms. The van der Waals surface area contributed by atoms with E-state index >= 15 is 0 Å². The average molecular weight is 404 g/mol. The summed E-state index contributed by atoms with van der Waals surface area (Å²) in [6, 6.07) is 5.62. The van der Waals surface area contributed by atoms with Crippen molar-refractivity contribution in [2.75, 3.05) is 5.32 Å². The van der Waals surface area contributed by atoms with E-state index in [1.807, 2.05) is 24.4 Å². The maximum Gasteiger partial charge on any atom is 0.259 e. The molecule has 1 amide bonds. The Morgan fingerprint density at radius 2 is 2.14 bits per heavy atom. The van der Waals surface area contributed by atoms with E-state index in [4.69, 9.17) is 4.98 Å². The van der Waals surface area contributed by atoms with Crippen LogP contribution in [0, 0.1) is 6.92 Å². The van der Waals surface area contributed by atoms with Gasteiger partial charge in [-0.25, -0.2) is 15.0 Å². The zero-order valence-corrected chi connectivity index (χ0v) is 16.9. The molecular formula is C21H20N6OS. The lowest BCUT2D eigenvalue weighted by molar-refractivity contribution is 0.102. The van der Waals surface area contributed by atoms with Gasteiger partial charge in [-0.1, -0.05) is 6.42 Å². The second kappa shape index (κ2) is 7.36. The molecule has 7 nitrogen and oxygen atoms in total. The first kappa shape index (κ1) is 17.9. The van der Waals surface area contributed by atoms with Crippen LogP contribution in [-0.2, 0) is 13.0 Å². The minimum Gasteiger partial charge on any atom is -0.313 e. The maximum atomic E-state index is 13.1. The molecule has 4 aromatic rings. The van der Waals surface area contributed by atoms with Crippen LogP contribution in [-0.4, -0.2) is 30.4 Å². The Morgan fingerprint density at radius 3 is 3.00 bits per heavy atom. The number of hydrogen-bond acceptors (Lipinski definition) is 6. The molecule has 0 saturated heterocycles. The molecule has 4 aromatic heterocycles. The number of imidazole rings is 1. The molecule has 5 heterocycles. The third-order valence-corrected chi connectivity index (χ3v) is 5.88. The van der Waals surface area contributed by atoms with Crippen LogP contribution in [0.15, 0.2) is 36.0 Å². The van der Waals surface area contributed by atoms with E-state index in [-0.39, 0.29) is 5.91 Å². The number of thiazole rings is 1. The number of carbonyl (C=O) groups is 1. The molecule has 0 radical (unpaired) electrons. The van der Waals surface area contributed by atoms with Crippen molar-refractivity contribution in [1.82, 2.24) is 24.5 Å². The van der Waals surface area contributed by atoms with Crippen LogP contribution in [0.5, 0.6) is 0 Å². The molecule has 8 heteroatoms. The van der Waals surface area contributed by atoms with Crippen molar-refractivity contribution >= 4 is 33.5 Å². The van der Waals surface area contributed by atoms with E-state index in [1.54, 1.807) is 18.5 Å². The Morgan fingerprint density at radius 1 is 1.21 bits per heavy atom. The van der Waals surface area contributed by atoms with Gasteiger partial charge in [0.2, 0.25) is 0 Å². The van der Waals surface area contributed by atoms with E-state index in [9.17, 15) is 4.79 Å². The number of amides is 1. The molecule has 1 aliphatic heterocycles. The fourth-order valence-electron chi connectivity index (χ4n) is 3.73. The van der Waals surface area contributed by atoms with Gasteiger partial charge in [0.15, 0.2) is 10.8 Å². The summed E-state index contributed by atoms with van der Waals surface area (Å²) in [6.45, 7) is 2.82. The number of hydrogen-bond donors (Lipinski definition) is 1. The molecule has 1 N–H and O–H groups in total. The van der Waals surface area contributed by atoms with Gasteiger partial charge >= 0.3 is 0 Å². The monoisotopic (exact) mass is 404 g/mol. The Balaban J connectivity index is 1.48. The third kappa shape index (κ3) is 3.40. The van der Waals surface area contributed by atoms with Gasteiger partial charge in [-0.05, 0) is 38.0 Å². The van der Waals surface area contributed by atoms with Crippen LogP contribution >= 0.6 is 11.3 Å².